The summed E-state index contributed by atoms with van der Waals surface area (Å²) >= 11 is 2.00. The van der Waals surface area contributed by atoms with Crippen molar-refractivity contribution in [1.29, 1.82) is 0 Å². The fraction of sp³-hybridized carbons (Fsp3) is 0.529. The van der Waals surface area contributed by atoms with Crippen molar-refractivity contribution in [2.24, 2.45) is 0 Å². The first kappa shape index (κ1) is 14.7. The third-order valence-electron chi connectivity index (χ3n) is 3.64. The summed E-state index contributed by atoms with van der Waals surface area (Å²) in [4.78, 5) is 1.36. The molecular formula is C17H24OS. The lowest BCUT2D eigenvalue weighted by molar-refractivity contribution is 0.283. The van der Waals surface area contributed by atoms with Gasteiger partial charge in [0.1, 0.15) is 0 Å². The highest BCUT2D eigenvalue weighted by atomic mass is 32.2. The number of aliphatic hydroxyl groups excluding tert-OH is 1. The molecule has 0 bridgehead atoms. The molecule has 2 heteroatoms. The third-order valence-corrected chi connectivity index (χ3v) is 5.00. The second kappa shape index (κ2) is 8.44. The fourth-order valence-corrected chi connectivity index (χ4v) is 3.87. The minimum Gasteiger partial charge on any atom is -0.396 e. The largest absolute Gasteiger partial charge is 0.396 e. The van der Waals surface area contributed by atoms with Crippen LogP contribution in [0.25, 0.3) is 0 Å². The van der Waals surface area contributed by atoms with Crippen molar-refractivity contribution >= 4 is 11.8 Å². The quantitative estimate of drug-likeness (QED) is 0.438. The molecule has 1 aliphatic rings. The predicted octanol–water partition coefficient (Wildman–Crippen LogP) is 4.81. The van der Waals surface area contributed by atoms with Gasteiger partial charge < -0.3 is 5.11 Å². The number of rotatable bonds is 7. The van der Waals surface area contributed by atoms with Gasteiger partial charge in [-0.3, -0.25) is 0 Å². The van der Waals surface area contributed by atoms with Crippen LogP contribution in [0, 0.1) is 0 Å². The molecule has 1 aliphatic carbocycles. The maximum absolute atomic E-state index is 8.96. The monoisotopic (exact) mass is 276 g/mol. The van der Waals surface area contributed by atoms with E-state index in [-0.39, 0.29) is 0 Å². The molecule has 1 aromatic carbocycles. The van der Waals surface area contributed by atoms with Crippen LogP contribution in [-0.2, 0) is 0 Å². The van der Waals surface area contributed by atoms with E-state index in [4.69, 9.17) is 5.11 Å². The molecule has 0 saturated heterocycles. The molecule has 1 aromatic rings. The molecule has 0 spiro atoms. The fourth-order valence-electron chi connectivity index (χ4n) is 2.58. The standard InChI is InChI=1S/C17H24OS/c18-14-8-7-13-17(15-9-3-1-4-10-15)19-16-11-5-2-6-12-16/h2,5-6,9,11-12,17-18H,1,3-4,7-8,10,13-14H2. The number of allylic oxidation sites excluding steroid dienone is 1. The van der Waals surface area contributed by atoms with Crippen molar-refractivity contribution in [3.8, 4) is 0 Å². The minimum atomic E-state index is 0.321. The number of benzene rings is 1. The van der Waals surface area contributed by atoms with Gasteiger partial charge in [-0.15, -0.1) is 11.8 Å². The summed E-state index contributed by atoms with van der Waals surface area (Å²) in [5.41, 5.74) is 1.64. The van der Waals surface area contributed by atoms with Crippen LogP contribution in [0.4, 0.5) is 0 Å². The molecule has 104 valence electrons. The van der Waals surface area contributed by atoms with Crippen LogP contribution >= 0.6 is 11.8 Å². The molecule has 1 atom stereocenters. The van der Waals surface area contributed by atoms with E-state index in [0.717, 1.165) is 12.8 Å². The van der Waals surface area contributed by atoms with E-state index in [0.29, 0.717) is 11.9 Å². The van der Waals surface area contributed by atoms with Crippen molar-refractivity contribution in [3.05, 3.63) is 42.0 Å². The highest BCUT2D eigenvalue weighted by molar-refractivity contribution is 8.00. The first-order chi connectivity index (χ1) is 9.40. The Labute approximate surface area is 121 Å². The number of thioether (sulfide) groups is 1. The van der Waals surface area contributed by atoms with Gasteiger partial charge in [0.2, 0.25) is 0 Å². The second-order valence-corrected chi connectivity index (χ2v) is 6.44. The van der Waals surface area contributed by atoms with E-state index < -0.39 is 0 Å². The number of hydrogen-bond acceptors (Lipinski definition) is 2. The molecule has 2 rings (SSSR count). The van der Waals surface area contributed by atoms with E-state index >= 15 is 0 Å². The van der Waals surface area contributed by atoms with Crippen LogP contribution < -0.4 is 0 Å². The zero-order valence-electron chi connectivity index (χ0n) is 11.6. The molecule has 19 heavy (non-hydrogen) atoms. The van der Waals surface area contributed by atoms with E-state index in [9.17, 15) is 0 Å². The summed E-state index contributed by atoms with van der Waals surface area (Å²) in [6.45, 7) is 0.321. The van der Waals surface area contributed by atoms with Crippen molar-refractivity contribution < 1.29 is 5.11 Å². The Morgan fingerprint density at radius 3 is 2.63 bits per heavy atom. The highest BCUT2D eigenvalue weighted by Gasteiger charge is 2.17. The molecule has 1 unspecified atom stereocenters. The van der Waals surface area contributed by atoms with Gasteiger partial charge in [-0.1, -0.05) is 29.8 Å². The first-order valence-corrected chi connectivity index (χ1v) is 8.29. The third kappa shape index (κ3) is 5.04. The Hall–Kier alpha value is -0.730. The summed E-state index contributed by atoms with van der Waals surface area (Å²) in [6.07, 6.45) is 10.9. The molecule has 0 heterocycles. The molecular weight excluding hydrogens is 252 g/mol. The lowest BCUT2D eigenvalue weighted by Gasteiger charge is -2.23. The van der Waals surface area contributed by atoms with Gasteiger partial charge in [0.15, 0.2) is 0 Å². The Morgan fingerprint density at radius 2 is 1.95 bits per heavy atom. The molecule has 0 fully saturated rings. The maximum atomic E-state index is 8.96. The van der Waals surface area contributed by atoms with Crippen molar-refractivity contribution in [2.45, 2.75) is 55.1 Å². The van der Waals surface area contributed by atoms with Gasteiger partial charge >= 0.3 is 0 Å². The lowest BCUT2D eigenvalue weighted by Crippen LogP contribution is -2.10. The number of unbranched alkanes of at least 4 members (excludes halogenated alkanes) is 1. The SMILES string of the molecule is OCCCCC(Sc1ccccc1)C1=CCCCC1. The minimum absolute atomic E-state index is 0.321. The average Bonchev–Trinajstić information content (AvgIpc) is 2.48. The Kier molecular flexibility index (Phi) is 6.52. The lowest BCUT2D eigenvalue weighted by atomic mass is 9.95. The first-order valence-electron chi connectivity index (χ1n) is 7.41. The van der Waals surface area contributed by atoms with Gasteiger partial charge in [0, 0.05) is 16.8 Å². The molecule has 0 amide bonds. The van der Waals surface area contributed by atoms with Crippen molar-refractivity contribution in [2.75, 3.05) is 6.61 Å². The Morgan fingerprint density at radius 1 is 1.11 bits per heavy atom. The van der Waals surface area contributed by atoms with Gasteiger partial charge in [0.25, 0.3) is 0 Å². The van der Waals surface area contributed by atoms with Gasteiger partial charge in [0.05, 0.1) is 0 Å². The Bertz CT molecular complexity index is 386. The summed E-state index contributed by atoms with van der Waals surface area (Å²) in [5.74, 6) is 0. The van der Waals surface area contributed by atoms with E-state index in [1.807, 2.05) is 11.8 Å². The molecule has 1 nitrogen and oxygen atoms in total. The van der Waals surface area contributed by atoms with Crippen LogP contribution in [0.3, 0.4) is 0 Å². The van der Waals surface area contributed by atoms with Crippen LogP contribution in [0.2, 0.25) is 0 Å². The van der Waals surface area contributed by atoms with Crippen molar-refractivity contribution in [1.82, 2.24) is 0 Å². The summed E-state index contributed by atoms with van der Waals surface area (Å²) in [5, 5.41) is 9.56. The zero-order valence-corrected chi connectivity index (χ0v) is 12.4. The predicted molar refractivity (Wildman–Crippen MR) is 83.6 cm³/mol. The van der Waals surface area contributed by atoms with E-state index in [1.165, 1.54) is 37.0 Å². The molecule has 1 N–H and O–H groups in total. The number of aliphatic hydroxyl groups is 1. The smallest absolute Gasteiger partial charge is 0.0431 e. The second-order valence-electron chi connectivity index (χ2n) is 5.16. The maximum Gasteiger partial charge on any atom is 0.0431 e. The van der Waals surface area contributed by atoms with Crippen LogP contribution in [0.15, 0.2) is 46.9 Å². The average molecular weight is 276 g/mol. The highest BCUT2D eigenvalue weighted by Crippen LogP contribution is 2.35. The molecule has 0 radical (unpaired) electrons. The van der Waals surface area contributed by atoms with Gasteiger partial charge in [-0.25, -0.2) is 0 Å². The molecule has 0 aliphatic heterocycles. The van der Waals surface area contributed by atoms with Crippen molar-refractivity contribution in [3.63, 3.8) is 0 Å². The summed E-state index contributed by atoms with van der Waals surface area (Å²) in [7, 11) is 0. The molecule has 0 aromatic heterocycles. The van der Waals surface area contributed by atoms with Gasteiger partial charge in [-0.05, 0) is 57.1 Å². The van der Waals surface area contributed by atoms with Crippen LogP contribution in [-0.4, -0.2) is 17.0 Å². The number of hydrogen-bond donors (Lipinski definition) is 1. The zero-order chi connectivity index (χ0) is 13.3. The van der Waals surface area contributed by atoms with E-state index in [2.05, 4.69) is 36.4 Å². The summed E-state index contributed by atoms with van der Waals surface area (Å²) < 4.78 is 0. The normalized spacial score (nSPS) is 17.0. The van der Waals surface area contributed by atoms with Crippen LogP contribution in [0.5, 0.6) is 0 Å². The van der Waals surface area contributed by atoms with Crippen LogP contribution in [0.1, 0.15) is 44.9 Å². The molecule has 0 saturated carbocycles. The van der Waals surface area contributed by atoms with E-state index in [1.54, 1.807) is 5.57 Å². The topological polar surface area (TPSA) is 20.2 Å². The van der Waals surface area contributed by atoms with Gasteiger partial charge in [-0.2, -0.15) is 0 Å². The summed E-state index contributed by atoms with van der Waals surface area (Å²) in [6, 6.07) is 10.7. The Balaban J connectivity index is 1.98.